The molecule has 0 amide bonds. The van der Waals surface area contributed by atoms with Crippen LogP contribution in [0, 0.1) is 6.92 Å². The molecule has 1 aliphatic heterocycles. The molecule has 0 saturated carbocycles. The molecule has 0 radical (unpaired) electrons. The maximum absolute atomic E-state index is 5.95. The summed E-state index contributed by atoms with van der Waals surface area (Å²) in [4.78, 5) is 11.8. The first-order valence-electron chi connectivity index (χ1n) is 7.96. The number of hydrogen-bond acceptors (Lipinski definition) is 4. The highest BCUT2D eigenvalue weighted by Gasteiger charge is 2.24. The van der Waals surface area contributed by atoms with Crippen molar-refractivity contribution >= 4 is 16.9 Å². The predicted molar refractivity (Wildman–Crippen MR) is 91.6 cm³/mol. The Morgan fingerprint density at radius 3 is 2.43 bits per heavy atom. The summed E-state index contributed by atoms with van der Waals surface area (Å²) in [5.41, 5.74) is 4.07. The van der Waals surface area contributed by atoms with Crippen LogP contribution in [0.5, 0.6) is 0 Å². The van der Waals surface area contributed by atoms with Crippen LogP contribution in [0.25, 0.3) is 11.0 Å². The summed E-state index contributed by atoms with van der Waals surface area (Å²) in [6, 6.07) is 18.4. The van der Waals surface area contributed by atoms with Crippen molar-refractivity contribution in [1.29, 1.82) is 0 Å². The van der Waals surface area contributed by atoms with E-state index in [1.165, 1.54) is 5.56 Å². The Morgan fingerprint density at radius 2 is 1.65 bits per heavy atom. The molecule has 23 heavy (non-hydrogen) atoms. The van der Waals surface area contributed by atoms with Gasteiger partial charge < -0.3 is 9.64 Å². The highest BCUT2D eigenvalue weighted by Crippen LogP contribution is 2.27. The van der Waals surface area contributed by atoms with Crippen LogP contribution in [-0.4, -0.2) is 29.7 Å². The van der Waals surface area contributed by atoms with Crippen LogP contribution in [0.15, 0.2) is 54.6 Å². The van der Waals surface area contributed by atoms with E-state index < -0.39 is 0 Å². The first-order chi connectivity index (χ1) is 11.3. The fourth-order valence-corrected chi connectivity index (χ4v) is 3.09. The number of anilines is 1. The molecule has 1 aromatic heterocycles. The van der Waals surface area contributed by atoms with Crippen molar-refractivity contribution in [1.82, 2.24) is 9.97 Å². The van der Waals surface area contributed by atoms with E-state index >= 15 is 0 Å². The second-order valence-electron chi connectivity index (χ2n) is 5.84. The molecule has 0 spiro atoms. The summed E-state index contributed by atoms with van der Waals surface area (Å²) < 4.78 is 5.95. The summed E-state index contributed by atoms with van der Waals surface area (Å²) in [5.74, 6) is 0.966. The second kappa shape index (κ2) is 5.97. The lowest BCUT2D eigenvalue weighted by Crippen LogP contribution is -2.39. The maximum atomic E-state index is 5.95. The van der Waals surface area contributed by atoms with Crippen molar-refractivity contribution in [2.45, 2.75) is 13.0 Å². The molecule has 1 atom stereocenters. The van der Waals surface area contributed by atoms with E-state index in [4.69, 9.17) is 14.7 Å². The summed E-state index contributed by atoms with van der Waals surface area (Å²) >= 11 is 0. The topological polar surface area (TPSA) is 38.2 Å². The van der Waals surface area contributed by atoms with Crippen molar-refractivity contribution < 1.29 is 4.74 Å². The van der Waals surface area contributed by atoms with Gasteiger partial charge in [0.1, 0.15) is 6.10 Å². The minimum Gasteiger partial charge on any atom is -0.370 e. The van der Waals surface area contributed by atoms with Gasteiger partial charge in [0.05, 0.1) is 23.3 Å². The molecule has 1 unspecified atom stereocenters. The summed E-state index contributed by atoms with van der Waals surface area (Å²) in [5, 5.41) is 0. The summed E-state index contributed by atoms with van der Waals surface area (Å²) in [6.07, 6.45) is 0.0811. The van der Waals surface area contributed by atoms with Crippen LogP contribution in [0.3, 0.4) is 0 Å². The number of aryl methyl sites for hydroxylation is 1. The molecule has 0 N–H and O–H groups in total. The third kappa shape index (κ3) is 2.78. The Morgan fingerprint density at radius 1 is 0.957 bits per heavy atom. The standard InChI is InChI=1S/C19H19N3O/c1-14-19(21-17-10-6-5-9-16(17)20-14)22-11-12-23-18(13-22)15-7-3-2-4-8-15/h2-10,18H,11-13H2,1H3. The van der Waals surface area contributed by atoms with Gasteiger partial charge in [0, 0.05) is 13.1 Å². The van der Waals surface area contributed by atoms with Crippen molar-refractivity contribution in [3.63, 3.8) is 0 Å². The van der Waals surface area contributed by atoms with E-state index in [1.807, 2.05) is 37.3 Å². The van der Waals surface area contributed by atoms with E-state index in [-0.39, 0.29) is 6.10 Å². The Kier molecular flexibility index (Phi) is 3.67. The van der Waals surface area contributed by atoms with Gasteiger partial charge in [0.15, 0.2) is 5.82 Å². The fourth-order valence-electron chi connectivity index (χ4n) is 3.09. The van der Waals surface area contributed by atoms with Gasteiger partial charge in [0.2, 0.25) is 0 Å². The Hall–Kier alpha value is -2.46. The van der Waals surface area contributed by atoms with Crippen LogP contribution in [0.4, 0.5) is 5.82 Å². The van der Waals surface area contributed by atoms with E-state index in [0.29, 0.717) is 6.61 Å². The highest BCUT2D eigenvalue weighted by molar-refractivity contribution is 5.76. The van der Waals surface area contributed by atoms with Gasteiger partial charge in [-0.1, -0.05) is 42.5 Å². The van der Waals surface area contributed by atoms with Crippen molar-refractivity contribution in [3.05, 3.63) is 65.9 Å². The molecule has 4 nitrogen and oxygen atoms in total. The SMILES string of the molecule is Cc1nc2ccccc2nc1N1CCOC(c2ccccc2)C1. The lowest BCUT2D eigenvalue weighted by molar-refractivity contribution is 0.0395. The van der Waals surface area contributed by atoms with Crippen LogP contribution >= 0.6 is 0 Å². The summed E-state index contributed by atoms with van der Waals surface area (Å²) in [7, 11) is 0. The third-order valence-corrected chi connectivity index (χ3v) is 4.26. The average Bonchev–Trinajstić information content (AvgIpc) is 2.62. The zero-order valence-electron chi connectivity index (χ0n) is 13.1. The van der Waals surface area contributed by atoms with Gasteiger partial charge >= 0.3 is 0 Å². The lowest BCUT2D eigenvalue weighted by atomic mass is 10.1. The number of benzene rings is 2. The van der Waals surface area contributed by atoms with Crippen molar-refractivity contribution in [2.75, 3.05) is 24.6 Å². The molecule has 4 rings (SSSR count). The molecule has 1 aliphatic rings. The molecule has 116 valence electrons. The highest BCUT2D eigenvalue weighted by atomic mass is 16.5. The van der Waals surface area contributed by atoms with Gasteiger partial charge in [-0.25, -0.2) is 9.97 Å². The van der Waals surface area contributed by atoms with Gasteiger partial charge in [0.25, 0.3) is 0 Å². The fraction of sp³-hybridized carbons (Fsp3) is 0.263. The number of fused-ring (bicyclic) bond motifs is 1. The van der Waals surface area contributed by atoms with Crippen LogP contribution in [-0.2, 0) is 4.74 Å². The number of rotatable bonds is 2. The smallest absolute Gasteiger partial charge is 0.150 e. The normalized spacial score (nSPS) is 18.3. The van der Waals surface area contributed by atoms with Crippen LogP contribution in [0.2, 0.25) is 0 Å². The van der Waals surface area contributed by atoms with Crippen molar-refractivity contribution in [3.8, 4) is 0 Å². The summed E-state index contributed by atoms with van der Waals surface area (Å²) in [6.45, 7) is 4.38. The second-order valence-corrected chi connectivity index (χ2v) is 5.84. The minimum absolute atomic E-state index is 0.0811. The van der Waals surface area contributed by atoms with Gasteiger partial charge in [-0.15, -0.1) is 0 Å². The number of hydrogen-bond donors (Lipinski definition) is 0. The zero-order chi connectivity index (χ0) is 15.6. The quantitative estimate of drug-likeness (QED) is 0.726. The molecule has 1 fully saturated rings. The van der Waals surface area contributed by atoms with Gasteiger partial charge in [-0.05, 0) is 24.6 Å². The van der Waals surface area contributed by atoms with Crippen molar-refractivity contribution in [2.24, 2.45) is 0 Å². The predicted octanol–water partition coefficient (Wildman–Crippen LogP) is 3.52. The largest absolute Gasteiger partial charge is 0.370 e. The number of morpholine rings is 1. The Bertz CT molecular complexity index is 819. The van der Waals surface area contributed by atoms with E-state index in [0.717, 1.165) is 35.6 Å². The molecule has 4 heteroatoms. The minimum atomic E-state index is 0.0811. The van der Waals surface area contributed by atoms with E-state index in [9.17, 15) is 0 Å². The molecule has 0 bridgehead atoms. The maximum Gasteiger partial charge on any atom is 0.150 e. The van der Waals surface area contributed by atoms with E-state index in [2.05, 4.69) is 29.2 Å². The molecule has 2 heterocycles. The van der Waals surface area contributed by atoms with Gasteiger partial charge in [-0.2, -0.15) is 0 Å². The third-order valence-electron chi connectivity index (χ3n) is 4.26. The molecule has 3 aromatic rings. The zero-order valence-corrected chi connectivity index (χ0v) is 13.1. The first-order valence-corrected chi connectivity index (χ1v) is 7.96. The molecule has 2 aromatic carbocycles. The molecular formula is C19H19N3O. The number of para-hydroxylation sites is 2. The van der Waals surface area contributed by atoms with Crippen LogP contribution < -0.4 is 4.90 Å². The number of nitrogens with zero attached hydrogens (tertiary/aromatic N) is 3. The number of ether oxygens (including phenoxy) is 1. The molecular weight excluding hydrogens is 286 g/mol. The Balaban J connectivity index is 1.66. The average molecular weight is 305 g/mol. The van der Waals surface area contributed by atoms with E-state index in [1.54, 1.807) is 0 Å². The monoisotopic (exact) mass is 305 g/mol. The lowest BCUT2D eigenvalue weighted by Gasteiger charge is -2.34. The number of aromatic nitrogens is 2. The van der Waals surface area contributed by atoms with Gasteiger partial charge in [-0.3, -0.25) is 0 Å². The van der Waals surface area contributed by atoms with Crippen LogP contribution in [0.1, 0.15) is 17.4 Å². The first kappa shape index (κ1) is 14.2. The molecule has 1 saturated heterocycles. The Labute approximate surface area is 135 Å². The molecule has 0 aliphatic carbocycles.